The molecule has 0 saturated heterocycles. The molecular formula is C22H25N3O3. The van der Waals surface area contributed by atoms with Gasteiger partial charge in [0.15, 0.2) is 0 Å². The van der Waals surface area contributed by atoms with Gasteiger partial charge in [-0.3, -0.25) is 9.59 Å². The third-order valence-corrected chi connectivity index (χ3v) is 4.73. The van der Waals surface area contributed by atoms with Crippen molar-refractivity contribution in [2.24, 2.45) is 0 Å². The smallest absolute Gasteiger partial charge is 0.323 e. The van der Waals surface area contributed by atoms with Crippen molar-refractivity contribution in [3.63, 3.8) is 0 Å². The van der Waals surface area contributed by atoms with E-state index >= 15 is 0 Å². The van der Waals surface area contributed by atoms with E-state index < -0.39 is 5.97 Å². The Bertz CT molecular complexity index is 964. The van der Waals surface area contributed by atoms with Crippen LogP contribution in [0.1, 0.15) is 42.2 Å². The van der Waals surface area contributed by atoms with Gasteiger partial charge in [0.05, 0.1) is 17.4 Å². The van der Waals surface area contributed by atoms with Crippen LogP contribution in [0.3, 0.4) is 0 Å². The number of aromatic nitrogens is 2. The maximum atomic E-state index is 12.9. The van der Waals surface area contributed by atoms with Gasteiger partial charge in [-0.05, 0) is 50.5 Å². The third kappa shape index (κ3) is 4.57. The molecule has 28 heavy (non-hydrogen) atoms. The minimum atomic E-state index is -1.02. The zero-order chi connectivity index (χ0) is 20.1. The van der Waals surface area contributed by atoms with E-state index in [1.54, 1.807) is 18.5 Å². The summed E-state index contributed by atoms with van der Waals surface area (Å²) in [6.07, 6.45) is 3.26. The van der Waals surface area contributed by atoms with Gasteiger partial charge in [0.2, 0.25) is 0 Å². The van der Waals surface area contributed by atoms with E-state index in [1.807, 2.05) is 41.0 Å². The van der Waals surface area contributed by atoms with Gasteiger partial charge in [0, 0.05) is 18.2 Å². The van der Waals surface area contributed by atoms with Crippen LogP contribution in [0.5, 0.6) is 0 Å². The van der Waals surface area contributed by atoms with E-state index in [0.29, 0.717) is 18.5 Å². The zero-order valence-corrected chi connectivity index (χ0v) is 16.2. The standard InChI is InChI=1S/C22H25N3O3/c1-16(2)25-15-23-19-13-18(10-11-20(19)25)22(28)24(14-21(26)27)12-6-9-17-7-4-3-5-8-17/h3-5,7-8,10-11,13,15-16H,6,9,12,14H2,1-2H3,(H,26,27). The molecule has 0 aliphatic carbocycles. The summed E-state index contributed by atoms with van der Waals surface area (Å²) >= 11 is 0. The second kappa shape index (κ2) is 8.69. The van der Waals surface area contributed by atoms with Crippen LogP contribution in [0.2, 0.25) is 0 Å². The molecule has 6 nitrogen and oxygen atoms in total. The van der Waals surface area contributed by atoms with Crippen molar-refractivity contribution in [3.05, 3.63) is 66.0 Å². The molecule has 0 aliphatic rings. The summed E-state index contributed by atoms with van der Waals surface area (Å²) < 4.78 is 2.04. The number of rotatable bonds is 8. The molecule has 3 rings (SSSR count). The van der Waals surface area contributed by atoms with Crippen molar-refractivity contribution in [1.29, 1.82) is 0 Å². The summed E-state index contributed by atoms with van der Waals surface area (Å²) in [4.78, 5) is 30.0. The van der Waals surface area contributed by atoms with E-state index in [4.69, 9.17) is 0 Å². The van der Waals surface area contributed by atoms with Gasteiger partial charge in [0.1, 0.15) is 6.54 Å². The molecule has 6 heteroatoms. The van der Waals surface area contributed by atoms with Crippen molar-refractivity contribution in [1.82, 2.24) is 14.5 Å². The lowest BCUT2D eigenvalue weighted by molar-refractivity contribution is -0.137. The average Bonchev–Trinajstić information content (AvgIpc) is 3.10. The number of carbonyl (C=O) groups is 2. The first-order valence-electron chi connectivity index (χ1n) is 9.47. The van der Waals surface area contributed by atoms with Crippen LogP contribution >= 0.6 is 0 Å². The van der Waals surface area contributed by atoms with Crippen LogP contribution in [0, 0.1) is 0 Å². The van der Waals surface area contributed by atoms with Crippen LogP contribution < -0.4 is 0 Å². The van der Waals surface area contributed by atoms with E-state index in [1.165, 1.54) is 10.5 Å². The molecule has 0 aliphatic heterocycles. The number of amides is 1. The predicted molar refractivity (Wildman–Crippen MR) is 108 cm³/mol. The number of hydrogen-bond donors (Lipinski definition) is 1. The maximum absolute atomic E-state index is 12.9. The van der Waals surface area contributed by atoms with Gasteiger partial charge in [-0.2, -0.15) is 0 Å². The SMILES string of the molecule is CC(C)n1cnc2cc(C(=O)N(CCCc3ccccc3)CC(=O)O)ccc21. The Balaban J connectivity index is 1.74. The number of imidazole rings is 1. The van der Waals surface area contributed by atoms with E-state index in [2.05, 4.69) is 18.8 Å². The number of benzene rings is 2. The average molecular weight is 379 g/mol. The number of carbonyl (C=O) groups excluding carboxylic acids is 1. The Kier molecular flexibility index (Phi) is 6.09. The molecule has 3 aromatic rings. The van der Waals surface area contributed by atoms with E-state index in [-0.39, 0.29) is 18.5 Å². The number of aliphatic carboxylic acids is 1. The summed E-state index contributed by atoms with van der Waals surface area (Å²) in [7, 11) is 0. The Hall–Kier alpha value is -3.15. The second-order valence-electron chi connectivity index (χ2n) is 7.16. The first-order valence-corrected chi connectivity index (χ1v) is 9.47. The number of carboxylic acids is 1. The number of nitrogens with zero attached hydrogens (tertiary/aromatic N) is 3. The van der Waals surface area contributed by atoms with E-state index in [0.717, 1.165) is 17.5 Å². The van der Waals surface area contributed by atoms with Gasteiger partial charge < -0.3 is 14.6 Å². The fourth-order valence-electron chi connectivity index (χ4n) is 3.29. The van der Waals surface area contributed by atoms with Gasteiger partial charge >= 0.3 is 5.97 Å². The minimum Gasteiger partial charge on any atom is -0.480 e. The predicted octanol–water partition coefficient (Wildman–Crippen LogP) is 3.78. The second-order valence-corrected chi connectivity index (χ2v) is 7.16. The molecule has 0 fully saturated rings. The van der Waals surface area contributed by atoms with Crippen molar-refractivity contribution in [3.8, 4) is 0 Å². The molecule has 1 heterocycles. The molecule has 1 amide bonds. The molecule has 0 unspecified atom stereocenters. The molecule has 146 valence electrons. The molecule has 0 saturated carbocycles. The van der Waals surface area contributed by atoms with Gasteiger partial charge in [-0.1, -0.05) is 30.3 Å². The largest absolute Gasteiger partial charge is 0.480 e. The van der Waals surface area contributed by atoms with Crippen LogP contribution in [0.4, 0.5) is 0 Å². The molecule has 2 aromatic carbocycles. The molecule has 0 radical (unpaired) electrons. The number of fused-ring (bicyclic) bond motifs is 1. The lowest BCUT2D eigenvalue weighted by Crippen LogP contribution is -2.36. The molecule has 0 spiro atoms. The summed E-state index contributed by atoms with van der Waals surface area (Å²) in [6, 6.07) is 15.6. The highest BCUT2D eigenvalue weighted by atomic mass is 16.4. The maximum Gasteiger partial charge on any atom is 0.323 e. The number of carboxylic acid groups (broad SMARTS) is 1. The van der Waals surface area contributed by atoms with Crippen molar-refractivity contribution >= 4 is 22.9 Å². The van der Waals surface area contributed by atoms with Crippen molar-refractivity contribution in [2.45, 2.75) is 32.7 Å². The van der Waals surface area contributed by atoms with Crippen LogP contribution in [0.25, 0.3) is 11.0 Å². The molecular weight excluding hydrogens is 354 g/mol. The van der Waals surface area contributed by atoms with Crippen LogP contribution in [-0.4, -0.2) is 44.5 Å². The normalized spacial score (nSPS) is 11.1. The fraction of sp³-hybridized carbons (Fsp3) is 0.318. The zero-order valence-electron chi connectivity index (χ0n) is 16.2. The van der Waals surface area contributed by atoms with Crippen molar-refractivity contribution in [2.75, 3.05) is 13.1 Å². The molecule has 1 N–H and O–H groups in total. The first-order chi connectivity index (χ1) is 13.5. The molecule has 0 atom stereocenters. The third-order valence-electron chi connectivity index (χ3n) is 4.73. The van der Waals surface area contributed by atoms with Gasteiger partial charge in [0.25, 0.3) is 5.91 Å². The topological polar surface area (TPSA) is 75.4 Å². The lowest BCUT2D eigenvalue weighted by Gasteiger charge is -2.21. The summed E-state index contributed by atoms with van der Waals surface area (Å²) in [5.74, 6) is -1.30. The Morgan fingerprint density at radius 3 is 2.57 bits per heavy atom. The Labute approximate surface area is 164 Å². The molecule has 0 bridgehead atoms. The van der Waals surface area contributed by atoms with Gasteiger partial charge in [-0.15, -0.1) is 0 Å². The highest BCUT2D eigenvalue weighted by Crippen LogP contribution is 2.20. The van der Waals surface area contributed by atoms with Crippen LogP contribution in [0.15, 0.2) is 54.9 Å². The number of hydrogen-bond acceptors (Lipinski definition) is 3. The monoisotopic (exact) mass is 379 g/mol. The summed E-state index contributed by atoms with van der Waals surface area (Å²) in [6.45, 7) is 4.22. The molecule has 1 aromatic heterocycles. The highest BCUT2D eigenvalue weighted by Gasteiger charge is 2.19. The first kappa shape index (κ1) is 19.6. The fourth-order valence-corrected chi connectivity index (χ4v) is 3.29. The number of aryl methyl sites for hydroxylation is 1. The van der Waals surface area contributed by atoms with Crippen molar-refractivity contribution < 1.29 is 14.7 Å². The lowest BCUT2D eigenvalue weighted by atomic mass is 10.1. The van der Waals surface area contributed by atoms with Crippen LogP contribution in [-0.2, 0) is 11.2 Å². The highest BCUT2D eigenvalue weighted by molar-refractivity contribution is 5.98. The Morgan fingerprint density at radius 2 is 1.89 bits per heavy atom. The summed E-state index contributed by atoms with van der Waals surface area (Å²) in [5, 5.41) is 9.22. The minimum absolute atomic E-state index is 0.271. The summed E-state index contributed by atoms with van der Waals surface area (Å²) in [5.41, 5.74) is 3.33. The quantitative estimate of drug-likeness (QED) is 0.646. The van der Waals surface area contributed by atoms with E-state index in [9.17, 15) is 14.7 Å². The Morgan fingerprint density at radius 1 is 1.14 bits per heavy atom. The van der Waals surface area contributed by atoms with Gasteiger partial charge in [-0.25, -0.2) is 4.98 Å².